The molecule has 4 nitrogen and oxygen atoms in total. The number of ether oxygens (including phenoxy) is 1. The summed E-state index contributed by atoms with van der Waals surface area (Å²) >= 11 is 0. The first-order valence-corrected chi connectivity index (χ1v) is 6.66. The summed E-state index contributed by atoms with van der Waals surface area (Å²) in [6.45, 7) is 0. The quantitative estimate of drug-likeness (QED) is 0.838. The minimum atomic E-state index is -0.746. The van der Waals surface area contributed by atoms with Crippen molar-refractivity contribution in [3.05, 3.63) is 29.8 Å². The molecule has 0 unspecified atom stereocenters. The molecule has 0 radical (unpaired) electrons. The van der Waals surface area contributed by atoms with E-state index in [4.69, 9.17) is 4.74 Å². The average Bonchev–Trinajstić information content (AvgIpc) is 3.04. The van der Waals surface area contributed by atoms with Crippen molar-refractivity contribution < 1.29 is 19.4 Å². The van der Waals surface area contributed by atoms with Crippen LogP contribution in [0.25, 0.3) is 0 Å². The number of para-hydroxylation sites is 1. The number of carboxylic acids is 1. The number of aliphatic carboxylic acids is 1. The largest absolute Gasteiger partial charge is 0.486 e. The Bertz CT molecular complexity index is 594. The number of Topliss-reactive ketones (excluding diaryl/α,β-unsaturated/α-hetero) is 1. The molecule has 2 saturated carbocycles. The lowest BCUT2D eigenvalue weighted by molar-refractivity contribution is -0.140. The lowest BCUT2D eigenvalue weighted by Crippen LogP contribution is -2.43. The van der Waals surface area contributed by atoms with Gasteiger partial charge in [0.05, 0.1) is 17.9 Å². The molecule has 2 fully saturated rings. The summed E-state index contributed by atoms with van der Waals surface area (Å²) in [5.41, 5.74) is 0.0724. The van der Waals surface area contributed by atoms with Crippen LogP contribution >= 0.6 is 0 Å². The summed E-state index contributed by atoms with van der Waals surface area (Å²) < 4.78 is 6.10. The zero-order chi connectivity index (χ0) is 13.2. The van der Waals surface area contributed by atoms with E-state index in [0.29, 0.717) is 17.7 Å². The molecule has 3 aliphatic rings. The van der Waals surface area contributed by atoms with Gasteiger partial charge in [-0.3, -0.25) is 9.59 Å². The van der Waals surface area contributed by atoms with E-state index in [2.05, 4.69) is 0 Å². The second-order valence-electron chi connectivity index (χ2n) is 5.86. The molecule has 1 N–H and O–H groups in total. The van der Waals surface area contributed by atoms with E-state index in [-0.39, 0.29) is 23.5 Å². The predicted molar refractivity (Wildman–Crippen MR) is 66.1 cm³/mol. The Morgan fingerprint density at radius 1 is 1.37 bits per heavy atom. The van der Waals surface area contributed by atoms with Gasteiger partial charge in [0.2, 0.25) is 0 Å². The van der Waals surface area contributed by atoms with Gasteiger partial charge in [0, 0.05) is 5.92 Å². The number of carboxylic acid groups (broad SMARTS) is 1. The van der Waals surface area contributed by atoms with Crippen LogP contribution in [0.4, 0.5) is 0 Å². The number of benzene rings is 1. The van der Waals surface area contributed by atoms with Crippen LogP contribution in [0.2, 0.25) is 0 Å². The lowest BCUT2D eigenvalue weighted by atomic mass is 9.84. The van der Waals surface area contributed by atoms with E-state index in [1.807, 2.05) is 12.1 Å². The molecule has 1 aromatic carbocycles. The highest BCUT2D eigenvalue weighted by Crippen LogP contribution is 2.65. The zero-order valence-electron chi connectivity index (χ0n) is 10.3. The van der Waals surface area contributed by atoms with E-state index >= 15 is 0 Å². The van der Waals surface area contributed by atoms with E-state index in [9.17, 15) is 14.7 Å². The van der Waals surface area contributed by atoms with Crippen molar-refractivity contribution in [3.63, 3.8) is 0 Å². The summed E-state index contributed by atoms with van der Waals surface area (Å²) in [7, 11) is 0. The Labute approximate surface area is 110 Å². The maximum Gasteiger partial charge on any atom is 0.307 e. The average molecular weight is 258 g/mol. The molecule has 98 valence electrons. The van der Waals surface area contributed by atoms with Crippen LogP contribution in [0.15, 0.2) is 24.3 Å². The summed E-state index contributed by atoms with van der Waals surface area (Å²) in [4.78, 5) is 23.4. The van der Waals surface area contributed by atoms with Crippen LogP contribution in [-0.2, 0) is 4.79 Å². The van der Waals surface area contributed by atoms with Crippen LogP contribution in [0, 0.1) is 17.8 Å². The molecular weight excluding hydrogens is 244 g/mol. The van der Waals surface area contributed by atoms with Crippen LogP contribution in [-0.4, -0.2) is 22.5 Å². The van der Waals surface area contributed by atoms with Gasteiger partial charge in [-0.2, -0.15) is 0 Å². The smallest absolute Gasteiger partial charge is 0.307 e. The standard InChI is InChI=1S/C15H14O4/c16-10-7-15(19-11-4-2-1-3-8(10)11)6-5-9-12(13(9)15)14(17)18/h1-4,9,12-13H,5-7H2,(H,17,18)/t9-,12+,13+,15-/m0/s1. The first-order chi connectivity index (χ1) is 9.12. The summed E-state index contributed by atoms with van der Waals surface area (Å²) in [6.07, 6.45) is 1.98. The molecule has 0 amide bonds. The van der Waals surface area contributed by atoms with Crippen molar-refractivity contribution in [2.45, 2.75) is 24.9 Å². The molecule has 1 spiro atoms. The van der Waals surface area contributed by atoms with E-state index in [1.54, 1.807) is 12.1 Å². The first-order valence-electron chi connectivity index (χ1n) is 6.66. The van der Waals surface area contributed by atoms with Crippen molar-refractivity contribution in [2.75, 3.05) is 0 Å². The van der Waals surface area contributed by atoms with Crippen LogP contribution in [0.1, 0.15) is 29.6 Å². The summed E-state index contributed by atoms with van der Waals surface area (Å²) in [5, 5.41) is 9.19. The fourth-order valence-electron chi connectivity index (χ4n) is 4.10. The third-order valence-corrected chi connectivity index (χ3v) is 4.92. The fourth-order valence-corrected chi connectivity index (χ4v) is 4.10. The second kappa shape index (κ2) is 3.38. The molecule has 4 atom stereocenters. The van der Waals surface area contributed by atoms with E-state index in [0.717, 1.165) is 12.8 Å². The Hall–Kier alpha value is -1.84. The van der Waals surface area contributed by atoms with Gasteiger partial charge >= 0.3 is 5.97 Å². The molecule has 0 aromatic heterocycles. The molecule has 19 heavy (non-hydrogen) atoms. The Kier molecular flexibility index (Phi) is 1.96. The van der Waals surface area contributed by atoms with Crippen molar-refractivity contribution in [1.82, 2.24) is 0 Å². The summed E-state index contributed by atoms with van der Waals surface area (Å²) in [6, 6.07) is 7.25. The fraction of sp³-hybridized carbons (Fsp3) is 0.467. The molecule has 4 rings (SSSR count). The Morgan fingerprint density at radius 3 is 2.89 bits per heavy atom. The van der Waals surface area contributed by atoms with E-state index in [1.165, 1.54) is 0 Å². The SMILES string of the molecule is O=C1C[C@]2(CC[C@H]3[C@@H](C(=O)O)[C@@H]32)Oc2ccccc21. The topological polar surface area (TPSA) is 63.6 Å². The number of ketones is 1. The Balaban J connectivity index is 1.72. The highest BCUT2D eigenvalue weighted by atomic mass is 16.5. The van der Waals surface area contributed by atoms with Crippen LogP contribution in [0.5, 0.6) is 5.75 Å². The molecule has 1 aliphatic heterocycles. The highest BCUT2D eigenvalue weighted by molar-refractivity contribution is 6.00. The van der Waals surface area contributed by atoms with Gasteiger partial charge in [-0.25, -0.2) is 0 Å². The minimum absolute atomic E-state index is 0.0160. The normalized spacial score (nSPS) is 38.5. The van der Waals surface area contributed by atoms with Gasteiger partial charge in [0.15, 0.2) is 5.78 Å². The minimum Gasteiger partial charge on any atom is -0.486 e. The predicted octanol–water partition coefficient (Wildman–Crippen LogP) is 2.13. The van der Waals surface area contributed by atoms with Gasteiger partial charge in [0.1, 0.15) is 11.4 Å². The van der Waals surface area contributed by atoms with Crippen molar-refractivity contribution in [3.8, 4) is 5.75 Å². The highest BCUT2D eigenvalue weighted by Gasteiger charge is 2.70. The summed E-state index contributed by atoms with van der Waals surface area (Å²) in [5.74, 6) is -0.136. The van der Waals surface area contributed by atoms with Crippen molar-refractivity contribution in [2.24, 2.45) is 17.8 Å². The van der Waals surface area contributed by atoms with E-state index < -0.39 is 11.6 Å². The number of rotatable bonds is 1. The lowest BCUT2D eigenvalue weighted by Gasteiger charge is -2.36. The number of hydrogen-bond acceptors (Lipinski definition) is 3. The first kappa shape index (κ1) is 11.0. The monoisotopic (exact) mass is 258 g/mol. The Morgan fingerprint density at radius 2 is 2.16 bits per heavy atom. The third-order valence-electron chi connectivity index (χ3n) is 4.92. The maximum absolute atomic E-state index is 12.3. The number of fused-ring (bicyclic) bond motifs is 3. The number of carbonyl (C=O) groups excluding carboxylic acids is 1. The molecule has 4 heteroatoms. The molecule has 2 aliphatic carbocycles. The number of carbonyl (C=O) groups is 2. The van der Waals surface area contributed by atoms with Gasteiger partial charge in [0.25, 0.3) is 0 Å². The van der Waals surface area contributed by atoms with Crippen molar-refractivity contribution >= 4 is 11.8 Å². The molecule has 1 heterocycles. The molecule has 0 saturated heterocycles. The zero-order valence-corrected chi connectivity index (χ0v) is 10.3. The number of hydrogen-bond donors (Lipinski definition) is 1. The molecular formula is C15H14O4. The molecule has 0 bridgehead atoms. The third kappa shape index (κ3) is 1.34. The van der Waals surface area contributed by atoms with Crippen LogP contribution < -0.4 is 4.74 Å². The van der Waals surface area contributed by atoms with Gasteiger partial charge in [-0.05, 0) is 30.9 Å². The van der Waals surface area contributed by atoms with Crippen molar-refractivity contribution in [1.29, 1.82) is 0 Å². The maximum atomic E-state index is 12.3. The van der Waals surface area contributed by atoms with Gasteiger partial charge in [-0.15, -0.1) is 0 Å². The van der Waals surface area contributed by atoms with Gasteiger partial charge < -0.3 is 9.84 Å². The molecule has 1 aromatic rings. The van der Waals surface area contributed by atoms with Crippen LogP contribution in [0.3, 0.4) is 0 Å². The van der Waals surface area contributed by atoms with Gasteiger partial charge in [-0.1, -0.05) is 12.1 Å². The second-order valence-corrected chi connectivity index (χ2v) is 5.86.